The van der Waals surface area contributed by atoms with E-state index in [1.807, 2.05) is 34.0 Å². The SMILES string of the molecule is COc1ncnc(N(C)C)c1N(Cn1nc(C)cc1C)C(=O)CCl. The van der Waals surface area contributed by atoms with Crippen molar-refractivity contribution in [2.45, 2.75) is 20.5 Å². The Kier molecular flexibility index (Phi) is 5.61. The van der Waals surface area contributed by atoms with E-state index in [0.29, 0.717) is 17.4 Å². The Hall–Kier alpha value is -2.35. The first-order chi connectivity index (χ1) is 11.4. The van der Waals surface area contributed by atoms with Crippen molar-refractivity contribution < 1.29 is 9.53 Å². The number of amides is 1. The summed E-state index contributed by atoms with van der Waals surface area (Å²) >= 11 is 5.82. The number of ether oxygens (including phenoxy) is 1. The number of carbonyl (C=O) groups is 1. The minimum absolute atomic E-state index is 0.176. The average molecular weight is 353 g/mol. The maximum atomic E-state index is 12.5. The summed E-state index contributed by atoms with van der Waals surface area (Å²) in [6.07, 6.45) is 1.39. The number of hydrogen-bond acceptors (Lipinski definition) is 6. The van der Waals surface area contributed by atoms with Gasteiger partial charge in [0, 0.05) is 19.8 Å². The number of halogens is 1. The molecule has 0 aliphatic carbocycles. The number of methoxy groups -OCH3 is 1. The van der Waals surface area contributed by atoms with Gasteiger partial charge in [0.1, 0.15) is 18.9 Å². The lowest BCUT2D eigenvalue weighted by Crippen LogP contribution is -2.36. The standard InChI is InChI=1S/C15H21ClN6O2/c1-10-6-11(2)22(19-10)9-21(12(23)7-16)13-14(20(3)4)17-8-18-15(13)24-5/h6,8H,7,9H2,1-5H3. The molecule has 2 heterocycles. The van der Waals surface area contributed by atoms with Crippen molar-refractivity contribution in [2.75, 3.05) is 36.9 Å². The van der Waals surface area contributed by atoms with Crippen molar-refractivity contribution in [3.05, 3.63) is 23.8 Å². The normalized spacial score (nSPS) is 10.6. The van der Waals surface area contributed by atoms with Crippen LogP contribution in [0.15, 0.2) is 12.4 Å². The number of rotatable bonds is 6. The molecule has 0 aliphatic rings. The van der Waals surface area contributed by atoms with Crippen molar-refractivity contribution >= 4 is 29.0 Å². The molecule has 8 nitrogen and oxygen atoms in total. The fourth-order valence-electron chi connectivity index (χ4n) is 2.37. The number of alkyl halides is 1. The number of aromatic nitrogens is 4. The van der Waals surface area contributed by atoms with Crippen LogP contribution in [0.5, 0.6) is 5.88 Å². The van der Waals surface area contributed by atoms with Crippen molar-refractivity contribution in [1.82, 2.24) is 19.7 Å². The first-order valence-corrected chi connectivity index (χ1v) is 7.86. The first-order valence-electron chi connectivity index (χ1n) is 7.32. The summed E-state index contributed by atoms with van der Waals surface area (Å²) in [5, 5.41) is 4.41. The molecular formula is C15H21ClN6O2. The molecule has 2 aromatic rings. The summed E-state index contributed by atoms with van der Waals surface area (Å²) < 4.78 is 7.07. The predicted molar refractivity (Wildman–Crippen MR) is 92.8 cm³/mol. The third-order valence-electron chi connectivity index (χ3n) is 3.45. The summed E-state index contributed by atoms with van der Waals surface area (Å²) in [6.45, 7) is 4.01. The van der Waals surface area contributed by atoms with Gasteiger partial charge in [0.15, 0.2) is 11.5 Å². The molecule has 0 bridgehead atoms. The van der Waals surface area contributed by atoms with Gasteiger partial charge in [-0.15, -0.1) is 11.6 Å². The zero-order valence-electron chi connectivity index (χ0n) is 14.4. The van der Waals surface area contributed by atoms with Gasteiger partial charge in [-0.1, -0.05) is 0 Å². The highest BCUT2D eigenvalue weighted by molar-refractivity contribution is 6.29. The van der Waals surface area contributed by atoms with Crippen molar-refractivity contribution in [2.24, 2.45) is 0 Å². The zero-order valence-corrected chi connectivity index (χ0v) is 15.2. The van der Waals surface area contributed by atoms with E-state index in [1.165, 1.54) is 18.3 Å². The number of hydrogen-bond donors (Lipinski definition) is 0. The molecule has 0 fully saturated rings. The van der Waals surface area contributed by atoms with Gasteiger partial charge in [-0.05, 0) is 19.9 Å². The smallest absolute Gasteiger partial charge is 0.243 e. The molecule has 130 valence electrons. The molecule has 0 aliphatic heterocycles. The fraction of sp³-hybridized carbons (Fsp3) is 0.467. The van der Waals surface area contributed by atoms with Crippen LogP contribution in [0.4, 0.5) is 11.5 Å². The Morgan fingerprint density at radius 2 is 2.04 bits per heavy atom. The maximum absolute atomic E-state index is 12.5. The molecule has 0 saturated heterocycles. The topological polar surface area (TPSA) is 76.4 Å². The molecule has 2 rings (SSSR count). The van der Waals surface area contributed by atoms with E-state index in [1.54, 1.807) is 9.58 Å². The van der Waals surface area contributed by atoms with E-state index in [9.17, 15) is 4.79 Å². The van der Waals surface area contributed by atoms with Crippen LogP contribution < -0.4 is 14.5 Å². The van der Waals surface area contributed by atoms with Crippen LogP contribution in [0.1, 0.15) is 11.4 Å². The van der Waals surface area contributed by atoms with Gasteiger partial charge < -0.3 is 9.64 Å². The second-order valence-corrected chi connectivity index (χ2v) is 5.74. The van der Waals surface area contributed by atoms with E-state index < -0.39 is 0 Å². The van der Waals surface area contributed by atoms with Crippen molar-refractivity contribution in [3.63, 3.8) is 0 Å². The van der Waals surface area contributed by atoms with E-state index >= 15 is 0 Å². The third-order valence-corrected chi connectivity index (χ3v) is 3.68. The number of anilines is 2. The minimum atomic E-state index is -0.291. The van der Waals surface area contributed by atoms with Gasteiger partial charge in [0.2, 0.25) is 11.8 Å². The highest BCUT2D eigenvalue weighted by Gasteiger charge is 2.26. The van der Waals surface area contributed by atoms with Gasteiger partial charge in [-0.25, -0.2) is 9.67 Å². The molecule has 0 saturated carbocycles. The summed E-state index contributed by atoms with van der Waals surface area (Å²) in [4.78, 5) is 24.2. The molecule has 24 heavy (non-hydrogen) atoms. The molecule has 2 aromatic heterocycles. The number of aryl methyl sites for hydroxylation is 2. The van der Waals surface area contributed by atoms with Crippen LogP contribution in [-0.2, 0) is 11.5 Å². The lowest BCUT2D eigenvalue weighted by molar-refractivity contribution is -0.116. The van der Waals surface area contributed by atoms with Gasteiger partial charge in [-0.2, -0.15) is 10.1 Å². The van der Waals surface area contributed by atoms with Crippen LogP contribution in [0.25, 0.3) is 0 Å². The van der Waals surface area contributed by atoms with E-state index in [-0.39, 0.29) is 18.5 Å². The lowest BCUT2D eigenvalue weighted by Gasteiger charge is -2.27. The molecule has 0 radical (unpaired) electrons. The Balaban J connectivity index is 2.56. The molecule has 1 amide bonds. The first kappa shape index (κ1) is 18.0. The highest BCUT2D eigenvalue weighted by atomic mass is 35.5. The van der Waals surface area contributed by atoms with E-state index in [0.717, 1.165) is 11.4 Å². The van der Waals surface area contributed by atoms with Crippen molar-refractivity contribution in [1.29, 1.82) is 0 Å². The molecule has 9 heteroatoms. The Labute approximate surface area is 146 Å². The maximum Gasteiger partial charge on any atom is 0.243 e. The Morgan fingerprint density at radius 1 is 1.33 bits per heavy atom. The number of carbonyl (C=O) groups excluding carboxylic acids is 1. The molecule has 0 spiro atoms. The van der Waals surface area contributed by atoms with Crippen molar-refractivity contribution in [3.8, 4) is 5.88 Å². The predicted octanol–water partition coefficient (Wildman–Crippen LogP) is 1.59. The summed E-state index contributed by atoms with van der Waals surface area (Å²) in [5.74, 6) is 0.389. The third kappa shape index (κ3) is 3.59. The van der Waals surface area contributed by atoms with Crippen LogP contribution in [0, 0.1) is 13.8 Å². The van der Waals surface area contributed by atoms with Crippen LogP contribution in [-0.4, -0.2) is 52.7 Å². The fourth-order valence-corrected chi connectivity index (χ4v) is 2.51. The monoisotopic (exact) mass is 352 g/mol. The van der Waals surface area contributed by atoms with E-state index in [2.05, 4.69) is 15.1 Å². The molecule has 0 N–H and O–H groups in total. The quantitative estimate of drug-likeness (QED) is 0.735. The van der Waals surface area contributed by atoms with Crippen LogP contribution >= 0.6 is 11.6 Å². The molecule has 0 aromatic carbocycles. The minimum Gasteiger partial charge on any atom is -0.479 e. The summed E-state index contributed by atoms with van der Waals surface area (Å²) in [6, 6.07) is 1.94. The average Bonchev–Trinajstić information content (AvgIpc) is 2.88. The Morgan fingerprint density at radius 3 is 2.54 bits per heavy atom. The summed E-state index contributed by atoms with van der Waals surface area (Å²) in [7, 11) is 5.16. The molecular weight excluding hydrogens is 332 g/mol. The second kappa shape index (κ2) is 7.48. The summed E-state index contributed by atoms with van der Waals surface area (Å²) in [5.41, 5.74) is 2.26. The van der Waals surface area contributed by atoms with Gasteiger partial charge in [-0.3, -0.25) is 9.69 Å². The lowest BCUT2D eigenvalue weighted by atomic mass is 10.3. The van der Waals surface area contributed by atoms with Crippen LogP contribution in [0.2, 0.25) is 0 Å². The van der Waals surface area contributed by atoms with Gasteiger partial charge in [0.25, 0.3) is 0 Å². The molecule has 0 unspecified atom stereocenters. The molecule has 0 atom stereocenters. The van der Waals surface area contributed by atoms with Crippen LogP contribution in [0.3, 0.4) is 0 Å². The number of nitrogens with zero attached hydrogens (tertiary/aromatic N) is 6. The Bertz CT molecular complexity index is 731. The van der Waals surface area contributed by atoms with E-state index in [4.69, 9.17) is 16.3 Å². The van der Waals surface area contributed by atoms with Gasteiger partial charge in [0.05, 0.1) is 12.8 Å². The van der Waals surface area contributed by atoms with Gasteiger partial charge >= 0.3 is 0 Å². The second-order valence-electron chi connectivity index (χ2n) is 5.47. The zero-order chi connectivity index (χ0) is 17.9. The highest BCUT2D eigenvalue weighted by Crippen LogP contribution is 2.34. The largest absolute Gasteiger partial charge is 0.479 e.